The molecule has 0 aliphatic heterocycles. The third-order valence-corrected chi connectivity index (χ3v) is 5.62. The molecule has 0 fully saturated rings. The van der Waals surface area contributed by atoms with Crippen molar-refractivity contribution in [1.82, 2.24) is 4.72 Å². The lowest BCUT2D eigenvalue weighted by Crippen LogP contribution is -2.35. The van der Waals surface area contributed by atoms with Gasteiger partial charge in [-0.15, -0.1) is 0 Å². The first-order chi connectivity index (χ1) is 12.7. The Morgan fingerprint density at radius 1 is 1.07 bits per heavy atom. The Kier molecular flexibility index (Phi) is 7.12. The lowest BCUT2D eigenvalue weighted by molar-refractivity contribution is 0.102. The molecule has 0 saturated carbocycles. The van der Waals surface area contributed by atoms with E-state index in [1.165, 1.54) is 31.4 Å². The predicted octanol–water partition coefficient (Wildman–Crippen LogP) is 3.38. The highest BCUT2D eigenvalue weighted by Crippen LogP contribution is 2.19. The molecule has 0 heterocycles. The van der Waals surface area contributed by atoms with Gasteiger partial charge >= 0.3 is 0 Å². The Labute approximate surface area is 161 Å². The number of benzene rings is 2. The fourth-order valence-corrected chi connectivity index (χ4v) is 3.81. The molecular weight excluding hydrogens is 364 g/mol. The van der Waals surface area contributed by atoms with E-state index in [0.29, 0.717) is 17.2 Å². The molecule has 2 aromatic rings. The van der Waals surface area contributed by atoms with Gasteiger partial charge in [-0.05, 0) is 54.8 Å². The Hall–Kier alpha value is -2.22. The number of ether oxygens (including phenoxy) is 1. The Morgan fingerprint density at radius 3 is 2.33 bits per heavy atom. The molecule has 0 aliphatic rings. The summed E-state index contributed by atoms with van der Waals surface area (Å²) < 4.78 is 32.1. The van der Waals surface area contributed by atoms with E-state index in [-0.39, 0.29) is 23.5 Å². The van der Waals surface area contributed by atoms with E-state index < -0.39 is 10.0 Å². The number of rotatable bonds is 8. The summed E-state index contributed by atoms with van der Waals surface area (Å²) in [7, 11) is -2.15. The normalized spacial score (nSPS) is 12.8. The first-order valence-electron chi connectivity index (χ1n) is 8.75. The predicted molar refractivity (Wildman–Crippen MR) is 107 cm³/mol. The molecule has 1 amide bonds. The zero-order valence-corrected chi connectivity index (χ0v) is 16.8. The van der Waals surface area contributed by atoms with E-state index >= 15 is 0 Å². The van der Waals surface area contributed by atoms with Crippen LogP contribution in [0.5, 0.6) is 0 Å². The molecule has 0 spiro atoms. The van der Waals surface area contributed by atoms with Crippen molar-refractivity contribution in [2.75, 3.05) is 19.0 Å². The van der Waals surface area contributed by atoms with E-state index in [2.05, 4.69) is 23.9 Å². The zero-order chi connectivity index (χ0) is 20.0. The monoisotopic (exact) mass is 390 g/mol. The zero-order valence-electron chi connectivity index (χ0n) is 16.0. The summed E-state index contributed by atoms with van der Waals surface area (Å²) in [6.45, 7) is 6.16. The molecule has 0 radical (unpaired) electrons. The molecule has 0 unspecified atom stereocenters. The quantitative estimate of drug-likeness (QED) is 0.724. The van der Waals surface area contributed by atoms with Crippen LogP contribution in [-0.4, -0.2) is 34.1 Å². The number of hydrogen-bond donors (Lipinski definition) is 2. The van der Waals surface area contributed by atoms with Gasteiger partial charge in [-0.3, -0.25) is 4.79 Å². The average Bonchev–Trinajstić information content (AvgIpc) is 2.61. The third-order valence-electron chi connectivity index (χ3n) is 4.01. The van der Waals surface area contributed by atoms with Gasteiger partial charge < -0.3 is 10.1 Å². The second-order valence-electron chi connectivity index (χ2n) is 6.74. The van der Waals surface area contributed by atoms with Gasteiger partial charge in [0.25, 0.3) is 5.91 Å². The second-order valence-corrected chi connectivity index (χ2v) is 8.45. The summed E-state index contributed by atoms with van der Waals surface area (Å²) >= 11 is 0. The lowest BCUT2D eigenvalue weighted by Gasteiger charge is -2.13. The molecule has 27 heavy (non-hydrogen) atoms. The molecule has 2 N–H and O–H groups in total. The van der Waals surface area contributed by atoms with Gasteiger partial charge in [0.1, 0.15) is 0 Å². The standard InChI is InChI=1S/C20H26N2O4S/c1-14(2)17-6-5-7-18(12-17)21-20(23)16-8-10-19(11-9-16)27(24,25)22-15(3)13-26-4/h5-12,14-15,22H,13H2,1-4H3,(H,21,23)/t15-/m0/s1. The van der Waals surface area contributed by atoms with E-state index in [1.54, 1.807) is 6.92 Å². The molecule has 1 atom stereocenters. The molecule has 2 rings (SSSR count). The van der Waals surface area contributed by atoms with Crippen LogP contribution in [0.3, 0.4) is 0 Å². The number of methoxy groups -OCH3 is 1. The van der Waals surface area contributed by atoms with Gasteiger partial charge in [0.2, 0.25) is 10.0 Å². The molecule has 7 heteroatoms. The summed E-state index contributed by atoms with van der Waals surface area (Å²) in [4.78, 5) is 12.5. The van der Waals surface area contributed by atoms with E-state index in [4.69, 9.17) is 4.74 Å². The van der Waals surface area contributed by atoms with Crippen molar-refractivity contribution < 1.29 is 17.9 Å². The van der Waals surface area contributed by atoms with Gasteiger partial charge in [-0.1, -0.05) is 26.0 Å². The first kappa shape index (κ1) is 21.1. The van der Waals surface area contributed by atoms with Gasteiger partial charge in [0.15, 0.2) is 0 Å². The number of carbonyl (C=O) groups excluding carboxylic acids is 1. The number of nitrogens with one attached hydrogen (secondary N) is 2. The Balaban J connectivity index is 2.10. The van der Waals surface area contributed by atoms with Crippen molar-refractivity contribution in [3.05, 3.63) is 59.7 Å². The summed E-state index contributed by atoms with van der Waals surface area (Å²) in [5, 5.41) is 2.84. The van der Waals surface area contributed by atoms with Crippen LogP contribution >= 0.6 is 0 Å². The number of amides is 1. The van der Waals surface area contributed by atoms with Crippen molar-refractivity contribution in [2.45, 2.75) is 37.6 Å². The molecule has 6 nitrogen and oxygen atoms in total. The Bertz CT molecular complexity index is 877. The maximum absolute atomic E-state index is 12.4. The van der Waals surface area contributed by atoms with Crippen molar-refractivity contribution in [3.63, 3.8) is 0 Å². The number of sulfonamides is 1. The fraction of sp³-hybridized carbons (Fsp3) is 0.350. The largest absolute Gasteiger partial charge is 0.383 e. The minimum atomic E-state index is -3.66. The van der Waals surface area contributed by atoms with Crippen LogP contribution in [0.4, 0.5) is 5.69 Å². The van der Waals surface area contributed by atoms with E-state index in [1.807, 2.05) is 24.3 Å². The maximum atomic E-state index is 12.4. The van der Waals surface area contributed by atoms with Gasteiger partial charge in [0.05, 0.1) is 11.5 Å². The molecule has 0 aliphatic carbocycles. The van der Waals surface area contributed by atoms with Gasteiger partial charge in [0, 0.05) is 24.4 Å². The molecule has 0 bridgehead atoms. The summed E-state index contributed by atoms with van der Waals surface area (Å²) in [5.74, 6) is 0.0694. The SMILES string of the molecule is COC[C@H](C)NS(=O)(=O)c1ccc(C(=O)Nc2cccc(C(C)C)c2)cc1. The number of carbonyl (C=O) groups is 1. The van der Waals surface area contributed by atoms with Gasteiger partial charge in [-0.2, -0.15) is 0 Å². The van der Waals surface area contributed by atoms with Crippen LogP contribution in [-0.2, 0) is 14.8 Å². The summed E-state index contributed by atoms with van der Waals surface area (Å²) in [6.07, 6.45) is 0. The minimum Gasteiger partial charge on any atom is -0.383 e. The van der Waals surface area contributed by atoms with Crippen LogP contribution < -0.4 is 10.0 Å². The summed E-state index contributed by atoms with van der Waals surface area (Å²) in [6, 6.07) is 13.1. The lowest BCUT2D eigenvalue weighted by atomic mass is 10.0. The van der Waals surface area contributed by atoms with Crippen LogP contribution in [0.1, 0.15) is 42.6 Å². The smallest absolute Gasteiger partial charge is 0.255 e. The molecular formula is C20H26N2O4S. The third kappa shape index (κ3) is 5.89. The minimum absolute atomic E-state index is 0.101. The van der Waals surface area contributed by atoms with Crippen molar-refractivity contribution >= 4 is 21.6 Å². The fourth-order valence-electron chi connectivity index (χ4n) is 2.58. The van der Waals surface area contributed by atoms with Crippen molar-refractivity contribution in [1.29, 1.82) is 0 Å². The highest BCUT2D eigenvalue weighted by molar-refractivity contribution is 7.89. The average molecular weight is 391 g/mol. The van der Waals surface area contributed by atoms with Crippen molar-refractivity contribution in [2.24, 2.45) is 0 Å². The molecule has 2 aromatic carbocycles. The van der Waals surface area contributed by atoms with Crippen LogP contribution in [0.25, 0.3) is 0 Å². The molecule has 0 saturated heterocycles. The number of anilines is 1. The van der Waals surface area contributed by atoms with Crippen LogP contribution in [0, 0.1) is 0 Å². The first-order valence-corrected chi connectivity index (χ1v) is 10.2. The Morgan fingerprint density at radius 2 is 1.74 bits per heavy atom. The highest BCUT2D eigenvalue weighted by Gasteiger charge is 2.18. The van der Waals surface area contributed by atoms with E-state index in [9.17, 15) is 13.2 Å². The van der Waals surface area contributed by atoms with Crippen LogP contribution in [0.15, 0.2) is 53.4 Å². The summed E-state index contributed by atoms with van der Waals surface area (Å²) in [5.41, 5.74) is 2.22. The molecule has 146 valence electrons. The highest BCUT2D eigenvalue weighted by atomic mass is 32.2. The topological polar surface area (TPSA) is 84.5 Å². The maximum Gasteiger partial charge on any atom is 0.255 e. The van der Waals surface area contributed by atoms with E-state index in [0.717, 1.165) is 5.56 Å². The van der Waals surface area contributed by atoms with Crippen molar-refractivity contribution in [3.8, 4) is 0 Å². The van der Waals surface area contributed by atoms with Crippen LogP contribution in [0.2, 0.25) is 0 Å². The number of hydrogen-bond acceptors (Lipinski definition) is 4. The second kappa shape index (κ2) is 9.12. The molecule has 0 aromatic heterocycles. The van der Waals surface area contributed by atoms with Gasteiger partial charge in [-0.25, -0.2) is 13.1 Å².